The molecule has 0 unspecified atom stereocenters. The van der Waals surface area contributed by atoms with Crippen LogP contribution in [0.4, 0.5) is 0 Å². The fraction of sp³-hybridized carbons (Fsp3) is 0.400. The number of rotatable bonds is 6. The highest BCUT2D eigenvalue weighted by Gasteiger charge is 2.21. The molecule has 0 bridgehead atoms. The standard InChI is InChI=1S/C20H24N2O3/c1-2-3-10-22-18-9-11-25-14-16(18)12-17(20(22)24)19(23)21-13-15-7-5-4-6-8-15/h4-8,12H,2-3,9-11,13-14H2,1H3,(H,21,23). The van der Waals surface area contributed by atoms with Crippen LogP contribution in [0.5, 0.6) is 0 Å². The van der Waals surface area contributed by atoms with Crippen molar-refractivity contribution in [2.24, 2.45) is 0 Å². The molecule has 1 N–H and O–H groups in total. The second-order valence-corrected chi connectivity index (χ2v) is 6.31. The van der Waals surface area contributed by atoms with E-state index in [2.05, 4.69) is 12.2 Å². The third kappa shape index (κ3) is 3.99. The maximum atomic E-state index is 12.9. The summed E-state index contributed by atoms with van der Waals surface area (Å²) in [5.41, 5.74) is 2.98. The Kier molecular flexibility index (Phi) is 5.66. The SMILES string of the molecule is CCCCn1c2c(cc(C(=O)NCc3ccccc3)c1=O)COCC2. The Labute approximate surface area is 147 Å². The van der Waals surface area contributed by atoms with Crippen molar-refractivity contribution in [2.75, 3.05) is 6.61 Å². The summed E-state index contributed by atoms with van der Waals surface area (Å²) in [4.78, 5) is 25.4. The highest BCUT2D eigenvalue weighted by atomic mass is 16.5. The average Bonchev–Trinajstić information content (AvgIpc) is 2.66. The largest absolute Gasteiger partial charge is 0.376 e. The molecular formula is C20H24N2O3. The monoisotopic (exact) mass is 340 g/mol. The third-order valence-electron chi connectivity index (χ3n) is 4.51. The maximum Gasteiger partial charge on any atom is 0.263 e. The van der Waals surface area contributed by atoms with Crippen molar-refractivity contribution in [3.63, 3.8) is 0 Å². The summed E-state index contributed by atoms with van der Waals surface area (Å²) in [5.74, 6) is -0.326. The molecule has 5 nitrogen and oxygen atoms in total. The van der Waals surface area contributed by atoms with E-state index in [-0.39, 0.29) is 17.0 Å². The van der Waals surface area contributed by atoms with E-state index >= 15 is 0 Å². The van der Waals surface area contributed by atoms with E-state index in [1.165, 1.54) is 0 Å². The van der Waals surface area contributed by atoms with E-state index in [0.717, 1.165) is 36.1 Å². The summed E-state index contributed by atoms with van der Waals surface area (Å²) in [6, 6.07) is 11.4. The van der Waals surface area contributed by atoms with Crippen LogP contribution in [-0.4, -0.2) is 17.1 Å². The summed E-state index contributed by atoms with van der Waals surface area (Å²) in [6.07, 6.45) is 2.64. The predicted molar refractivity (Wildman–Crippen MR) is 96.6 cm³/mol. The zero-order valence-electron chi connectivity index (χ0n) is 14.6. The number of carbonyl (C=O) groups is 1. The summed E-state index contributed by atoms with van der Waals surface area (Å²) < 4.78 is 7.29. The maximum absolute atomic E-state index is 12.9. The minimum Gasteiger partial charge on any atom is -0.376 e. The second-order valence-electron chi connectivity index (χ2n) is 6.31. The number of hydrogen-bond acceptors (Lipinski definition) is 3. The quantitative estimate of drug-likeness (QED) is 0.879. The highest BCUT2D eigenvalue weighted by molar-refractivity contribution is 5.94. The first-order valence-corrected chi connectivity index (χ1v) is 8.86. The number of pyridine rings is 1. The van der Waals surface area contributed by atoms with Gasteiger partial charge in [-0.05, 0) is 23.6 Å². The van der Waals surface area contributed by atoms with Crippen LogP contribution in [0.1, 0.15) is 46.9 Å². The molecular weight excluding hydrogens is 316 g/mol. The minimum atomic E-state index is -0.326. The Bertz CT molecular complexity index is 797. The molecule has 1 aliphatic heterocycles. The molecule has 1 aliphatic rings. The Morgan fingerprint density at radius 2 is 2.08 bits per heavy atom. The Morgan fingerprint density at radius 3 is 2.84 bits per heavy atom. The van der Waals surface area contributed by atoms with Crippen LogP contribution in [0.15, 0.2) is 41.2 Å². The van der Waals surface area contributed by atoms with Crippen LogP contribution >= 0.6 is 0 Å². The number of hydrogen-bond donors (Lipinski definition) is 1. The van der Waals surface area contributed by atoms with Crippen molar-refractivity contribution in [1.82, 2.24) is 9.88 Å². The number of aromatic nitrogens is 1. The van der Waals surface area contributed by atoms with Gasteiger partial charge in [0.15, 0.2) is 0 Å². The van der Waals surface area contributed by atoms with Crippen LogP contribution in [0, 0.1) is 0 Å². The molecule has 0 spiro atoms. The fourth-order valence-electron chi connectivity index (χ4n) is 3.12. The van der Waals surface area contributed by atoms with Gasteiger partial charge in [0, 0.05) is 25.2 Å². The van der Waals surface area contributed by atoms with Crippen molar-refractivity contribution in [3.05, 3.63) is 69.1 Å². The molecule has 1 aromatic carbocycles. The van der Waals surface area contributed by atoms with Crippen LogP contribution in [-0.2, 0) is 30.9 Å². The lowest BCUT2D eigenvalue weighted by Gasteiger charge is -2.22. The number of fused-ring (bicyclic) bond motifs is 1. The summed E-state index contributed by atoms with van der Waals surface area (Å²) >= 11 is 0. The van der Waals surface area contributed by atoms with Gasteiger partial charge in [-0.3, -0.25) is 9.59 Å². The molecule has 3 rings (SSSR count). The summed E-state index contributed by atoms with van der Waals surface area (Å²) in [6.45, 7) is 4.23. The zero-order valence-corrected chi connectivity index (χ0v) is 14.6. The molecule has 0 saturated carbocycles. The minimum absolute atomic E-state index is 0.195. The van der Waals surface area contributed by atoms with Gasteiger partial charge in [-0.2, -0.15) is 0 Å². The van der Waals surface area contributed by atoms with Gasteiger partial charge in [0.2, 0.25) is 0 Å². The van der Waals surface area contributed by atoms with Gasteiger partial charge < -0.3 is 14.6 Å². The normalized spacial score (nSPS) is 13.3. The third-order valence-corrected chi connectivity index (χ3v) is 4.51. The number of benzene rings is 1. The number of nitrogens with zero attached hydrogens (tertiary/aromatic N) is 1. The Morgan fingerprint density at radius 1 is 1.28 bits per heavy atom. The molecule has 0 radical (unpaired) electrons. The van der Waals surface area contributed by atoms with Crippen LogP contribution in [0.25, 0.3) is 0 Å². The van der Waals surface area contributed by atoms with Crippen molar-refractivity contribution in [1.29, 1.82) is 0 Å². The molecule has 0 aliphatic carbocycles. The molecule has 25 heavy (non-hydrogen) atoms. The Balaban J connectivity index is 1.87. The van der Waals surface area contributed by atoms with E-state index in [9.17, 15) is 9.59 Å². The number of ether oxygens (including phenoxy) is 1. The molecule has 5 heteroatoms. The van der Waals surface area contributed by atoms with E-state index in [1.54, 1.807) is 10.6 Å². The molecule has 2 heterocycles. The number of nitrogens with one attached hydrogen (secondary N) is 1. The van der Waals surface area contributed by atoms with E-state index in [1.807, 2.05) is 30.3 Å². The van der Waals surface area contributed by atoms with Gasteiger partial charge in [-0.15, -0.1) is 0 Å². The fourth-order valence-corrected chi connectivity index (χ4v) is 3.12. The van der Waals surface area contributed by atoms with Gasteiger partial charge in [-0.25, -0.2) is 0 Å². The Hall–Kier alpha value is -2.40. The van der Waals surface area contributed by atoms with Crippen molar-refractivity contribution >= 4 is 5.91 Å². The van der Waals surface area contributed by atoms with Crippen molar-refractivity contribution < 1.29 is 9.53 Å². The van der Waals surface area contributed by atoms with Gasteiger partial charge in [-0.1, -0.05) is 43.7 Å². The number of carbonyl (C=O) groups excluding carboxylic acids is 1. The topological polar surface area (TPSA) is 60.3 Å². The average molecular weight is 340 g/mol. The highest BCUT2D eigenvalue weighted by Crippen LogP contribution is 2.17. The number of unbranched alkanes of at least 4 members (excludes halogenated alkanes) is 1. The zero-order chi connectivity index (χ0) is 17.6. The first-order valence-electron chi connectivity index (χ1n) is 8.86. The molecule has 1 amide bonds. The lowest BCUT2D eigenvalue weighted by molar-refractivity contribution is 0.0943. The van der Waals surface area contributed by atoms with E-state index in [4.69, 9.17) is 4.74 Å². The van der Waals surface area contributed by atoms with Gasteiger partial charge >= 0.3 is 0 Å². The lowest BCUT2D eigenvalue weighted by atomic mass is 10.1. The molecule has 132 valence electrons. The van der Waals surface area contributed by atoms with E-state index in [0.29, 0.717) is 26.3 Å². The summed E-state index contributed by atoms with van der Waals surface area (Å²) in [5, 5.41) is 2.85. The number of amides is 1. The van der Waals surface area contributed by atoms with Crippen LogP contribution in [0.2, 0.25) is 0 Å². The molecule has 0 fully saturated rings. The smallest absolute Gasteiger partial charge is 0.263 e. The molecule has 1 aromatic heterocycles. The molecule has 2 aromatic rings. The van der Waals surface area contributed by atoms with E-state index < -0.39 is 0 Å². The predicted octanol–water partition coefficient (Wildman–Crippen LogP) is 2.65. The van der Waals surface area contributed by atoms with Crippen LogP contribution in [0.3, 0.4) is 0 Å². The van der Waals surface area contributed by atoms with Crippen molar-refractivity contribution in [2.45, 2.75) is 45.9 Å². The second kappa shape index (κ2) is 8.12. The first-order chi connectivity index (χ1) is 12.2. The van der Waals surface area contributed by atoms with Gasteiger partial charge in [0.05, 0.1) is 13.2 Å². The lowest BCUT2D eigenvalue weighted by Crippen LogP contribution is -2.36. The molecule has 0 saturated heterocycles. The first kappa shape index (κ1) is 17.4. The van der Waals surface area contributed by atoms with Crippen LogP contribution < -0.4 is 10.9 Å². The summed E-state index contributed by atoms with van der Waals surface area (Å²) in [7, 11) is 0. The van der Waals surface area contributed by atoms with Gasteiger partial charge in [0.1, 0.15) is 5.56 Å². The van der Waals surface area contributed by atoms with Gasteiger partial charge in [0.25, 0.3) is 11.5 Å². The van der Waals surface area contributed by atoms with Crippen molar-refractivity contribution in [3.8, 4) is 0 Å². The molecule has 0 atom stereocenters.